The molecule has 0 bridgehead atoms. The first-order chi connectivity index (χ1) is 11.6. The fraction of sp³-hybridized carbons (Fsp3) is 0.111. The molecule has 0 radical (unpaired) electrons. The van der Waals surface area contributed by atoms with Crippen molar-refractivity contribution in [3.05, 3.63) is 59.5 Å². The molecule has 0 fully saturated rings. The summed E-state index contributed by atoms with van der Waals surface area (Å²) in [6, 6.07) is 14.9. The Morgan fingerprint density at radius 3 is 2.42 bits per heavy atom. The normalized spacial score (nSPS) is 10.2. The number of methoxy groups -OCH3 is 1. The molecule has 2 N–H and O–H groups in total. The van der Waals surface area contributed by atoms with E-state index in [2.05, 4.69) is 15.6 Å². The van der Waals surface area contributed by atoms with Gasteiger partial charge in [-0.25, -0.2) is 9.78 Å². The Morgan fingerprint density at radius 1 is 1.04 bits per heavy atom. The van der Waals surface area contributed by atoms with Crippen LogP contribution in [0.4, 0.5) is 15.6 Å². The molecule has 3 aromatic rings. The molecule has 0 atom stereocenters. The van der Waals surface area contributed by atoms with Crippen molar-refractivity contribution in [3.8, 4) is 17.0 Å². The molecule has 0 aliphatic rings. The standard InChI is InChI=1S/C18H17N3O2S/c1-12-3-7-14(8-4-12)19-17(22)21-18-20-16(11-24-18)13-5-9-15(23-2)10-6-13/h3-11H,1-2H3,(H2,19,20,21,22). The molecule has 5 nitrogen and oxygen atoms in total. The minimum absolute atomic E-state index is 0.311. The average Bonchev–Trinajstić information content (AvgIpc) is 3.05. The van der Waals surface area contributed by atoms with Crippen molar-refractivity contribution >= 4 is 28.2 Å². The Morgan fingerprint density at radius 2 is 1.75 bits per heavy atom. The van der Waals surface area contributed by atoms with E-state index in [0.717, 1.165) is 28.3 Å². The third kappa shape index (κ3) is 3.91. The summed E-state index contributed by atoms with van der Waals surface area (Å²) in [6.07, 6.45) is 0. The van der Waals surface area contributed by atoms with Gasteiger partial charge in [-0.2, -0.15) is 0 Å². The number of thiazole rings is 1. The van der Waals surface area contributed by atoms with E-state index in [1.165, 1.54) is 11.3 Å². The van der Waals surface area contributed by atoms with Crippen LogP contribution in [0.2, 0.25) is 0 Å². The highest BCUT2D eigenvalue weighted by Gasteiger charge is 2.08. The predicted molar refractivity (Wildman–Crippen MR) is 97.9 cm³/mol. The van der Waals surface area contributed by atoms with Crippen molar-refractivity contribution in [1.29, 1.82) is 0 Å². The molecule has 0 spiro atoms. The molecule has 3 rings (SSSR count). The second-order valence-electron chi connectivity index (χ2n) is 5.21. The largest absolute Gasteiger partial charge is 0.497 e. The lowest BCUT2D eigenvalue weighted by molar-refractivity contribution is 0.262. The van der Waals surface area contributed by atoms with Crippen molar-refractivity contribution in [3.63, 3.8) is 0 Å². The molecule has 1 aromatic heterocycles. The van der Waals surface area contributed by atoms with Crippen molar-refractivity contribution in [2.45, 2.75) is 6.92 Å². The van der Waals surface area contributed by atoms with Crippen molar-refractivity contribution in [1.82, 2.24) is 4.98 Å². The van der Waals surface area contributed by atoms with Gasteiger partial charge in [0.2, 0.25) is 0 Å². The van der Waals surface area contributed by atoms with Crippen LogP contribution in [0.5, 0.6) is 5.75 Å². The van der Waals surface area contributed by atoms with E-state index in [-0.39, 0.29) is 6.03 Å². The zero-order valence-electron chi connectivity index (χ0n) is 13.4. The Bertz CT molecular complexity index is 826. The number of aromatic nitrogens is 1. The highest BCUT2D eigenvalue weighted by molar-refractivity contribution is 7.14. The SMILES string of the molecule is COc1ccc(-c2csc(NC(=O)Nc3ccc(C)cc3)n2)cc1. The van der Waals surface area contributed by atoms with Crippen LogP contribution in [0.1, 0.15) is 5.56 Å². The second-order valence-corrected chi connectivity index (χ2v) is 6.07. The van der Waals surface area contributed by atoms with E-state index in [4.69, 9.17) is 4.74 Å². The number of carbonyl (C=O) groups is 1. The quantitative estimate of drug-likeness (QED) is 0.719. The number of nitrogens with one attached hydrogen (secondary N) is 2. The zero-order chi connectivity index (χ0) is 16.9. The van der Waals surface area contributed by atoms with E-state index in [9.17, 15) is 4.79 Å². The molecule has 122 valence electrons. The van der Waals surface area contributed by atoms with E-state index >= 15 is 0 Å². The number of urea groups is 1. The summed E-state index contributed by atoms with van der Waals surface area (Å²) in [7, 11) is 1.63. The first-order valence-corrected chi connectivity index (χ1v) is 8.26. The van der Waals surface area contributed by atoms with Crippen LogP contribution in [0.25, 0.3) is 11.3 Å². The molecular formula is C18H17N3O2S. The molecule has 2 aromatic carbocycles. The van der Waals surface area contributed by atoms with Gasteiger partial charge in [-0.15, -0.1) is 11.3 Å². The first kappa shape index (κ1) is 16.0. The summed E-state index contributed by atoms with van der Waals surface area (Å²) >= 11 is 1.38. The number of hydrogen-bond acceptors (Lipinski definition) is 4. The van der Waals surface area contributed by atoms with Gasteiger partial charge in [0.25, 0.3) is 0 Å². The molecule has 24 heavy (non-hydrogen) atoms. The van der Waals surface area contributed by atoms with Gasteiger partial charge < -0.3 is 10.1 Å². The van der Waals surface area contributed by atoms with Gasteiger partial charge in [0.1, 0.15) is 5.75 Å². The molecule has 0 unspecified atom stereocenters. The monoisotopic (exact) mass is 339 g/mol. The number of nitrogens with zero attached hydrogens (tertiary/aromatic N) is 1. The highest BCUT2D eigenvalue weighted by atomic mass is 32.1. The number of ether oxygens (including phenoxy) is 1. The molecule has 0 saturated heterocycles. The number of carbonyl (C=O) groups excluding carboxylic acids is 1. The van der Waals surface area contributed by atoms with E-state index in [1.807, 2.05) is 60.8 Å². The fourth-order valence-electron chi connectivity index (χ4n) is 2.12. The molecule has 2 amide bonds. The summed E-state index contributed by atoms with van der Waals surface area (Å²) in [4.78, 5) is 16.5. The van der Waals surface area contributed by atoms with Gasteiger partial charge >= 0.3 is 6.03 Å². The molecule has 0 aliphatic heterocycles. The van der Waals surface area contributed by atoms with Crippen LogP contribution in [0, 0.1) is 6.92 Å². The summed E-state index contributed by atoms with van der Waals surface area (Å²) < 4.78 is 5.14. The Hall–Kier alpha value is -2.86. The molecule has 1 heterocycles. The number of aryl methyl sites for hydroxylation is 1. The van der Waals surface area contributed by atoms with Gasteiger partial charge in [0, 0.05) is 16.6 Å². The lowest BCUT2D eigenvalue weighted by Gasteiger charge is -2.05. The Balaban J connectivity index is 1.64. The number of benzene rings is 2. The van der Waals surface area contributed by atoms with E-state index in [1.54, 1.807) is 7.11 Å². The van der Waals surface area contributed by atoms with Crippen molar-refractivity contribution in [2.24, 2.45) is 0 Å². The van der Waals surface area contributed by atoms with Gasteiger partial charge in [0.15, 0.2) is 5.13 Å². The lowest BCUT2D eigenvalue weighted by Crippen LogP contribution is -2.19. The van der Waals surface area contributed by atoms with Gasteiger partial charge in [-0.3, -0.25) is 5.32 Å². The number of amides is 2. The minimum Gasteiger partial charge on any atom is -0.497 e. The summed E-state index contributed by atoms with van der Waals surface area (Å²) in [5, 5.41) is 7.98. The molecule has 6 heteroatoms. The maximum absolute atomic E-state index is 12.0. The third-order valence-electron chi connectivity index (χ3n) is 3.42. The van der Waals surface area contributed by atoms with Crippen LogP contribution >= 0.6 is 11.3 Å². The Labute approximate surface area is 144 Å². The molecular weight excluding hydrogens is 322 g/mol. The summed E-state index contributed by atoms with van der Waals surface area (Å²) in [5.41, 5.74) is 3.67. The van der Waals surface area contributed by atoms with Crippen LogP contribution in [-0.4, -0.2) is 18.1 Å². The van der Waals surface area contributed by atoms with Gasteiger partial charge in [0.05, 0.1) is 12.8 Å². The zero-order valence-corrected chi connectivity index (χ0v) is 14.2. The molecule has 0 aliphatic carbocycles. The van der Waals surface area contributed by atoms with Crippen LogP contribution in [0.3, 0.4) is 0 Å². The second kappa shape index (κ2) is 7.14. The van der Waals surface area contributed by atoms with Crippen LogP contribution in [-0.2, 0) is 0 Å². The number of rotatable bonds is 4. The average molecular weight is 339 g/mol. The van der Waals surface area contributed by atoms with Gasteiger partial charge in [-0.1, -0.05) is 17.7 Å². The van der Waals surface area contributed by atoms with Crippen molar-refractivity contribution in [2.75, 3.05) is 17.7 Å². The summed E-state index contributed by atoms with van der Waals surface area (Å²) in [6.45, 7) is 2.00. The van der Waals surface area contributed by atoms with Crippen molar-refractivity contribution < 1.29 is 9.53 Å². The highest BCUT2D eigenvalue weighted by Crippen LogP contribution is 2.26. The smallest absolute Gasteiger partial charge is 0.325 e. The summed E-state index contributed by atoms with van der Waals surface area (Å²) in [5.74, 6) is 0.796. The van der Waals surface area contributed by atoms with Gasteiger partial charge in [-0.05, 0) is 43.3 Å². The van der Waals surface area contributed by atoms with Crippen LogP contribution < -0.4 is 15.4 Å². The maximum Gasteiger partial charge on any atom is 0.325 e. The van der Waals surface area contributed by atoms with E-state index in [0.29, 0.717) is 5.13 Å². The lowest BCUT2D eigenvalue weighted by atomic mass is 10.2. The third-order valence-corrected chi connectivity index (χ3v) is 4.18. The minimum atomic E-state index is -0.311. The Kier molecular flexibility index (Phi) is 4.77. The molecule has 0 saturated carbocycles. The first-order valence-electron chi connectivity index (χ1n) is 7.38. The predicted octanol–water partition coefficient (Wildman–Crippen LogP) is 4.77. The maximum atomic E-state index is 12.0. The fourth-order valence-corrected chi connectivity index (χ4v) is 2.84. The topological polar surface area (TPSA) is 63.2 Å². The number of hydrogen-bond donors (Lipinski definition) is 2. The van der Waals surface area contributed by atoms with E-state index < -0.39 is 0 Å². The number of anilines is 2. The van der Waals surface area contributed by atoms with Crippen LogP contribution in [0.15, 0.2) is 53.9 Å².